The number of ether oxygens (including phenoxy) is 1. The predicted molar refractivity (Wildman–Crippen MR) is 91.6 cm³/mol. The molecule has 2 fully saturated rings. The molecule has 26 heavy (non-hydrogen) atoms. The van der Waals surface area contributed by atoms with Crippen LogP contribution in [0.1, 0.15) is 12.8 Å². The molecule has 0 bridgehead atoms. The van der Waals surface area contributed by atoms with Crippen LogP contribution in [0.15, 0.2) is 24.3 Å². The zero-order valence-electron chi connectivity index (χ0n) is 14.4. The molecule has 1 atom stereocenters. The summed E-state index contributed by atoms with van der Waals surface area (Å²) < 4.78 is 5.17. The molecule has 0 spiro atoms. The molecule has 9 heteroatoms. The van der Waals surface area contributed by atoms with E-state index in [1.165, 1.54) is 4.90 Å². The van der Waals surface area contributed by atoms with Crippen LogP contribution in [0.3, 0.4) is 0 Å². The van der Waals surface area contributed by atoms with Gasteiger partial charge in [-0.15, -0.1) is 0 Å². The van der Waals surface area contributed by atoms with Gasteiger partial charge in [0.25, 0.3) is 0 Å². The molecular formula is C17H20N4O5. The fourth-order valence-corrected chi connectivity index (χ4v) is 3.05. The monoisotopic (exact) mass is 360 g/mol. The van der Waals surface area contributed by atoms with Crippen LogP contribution in [0.2, 0.25) is 0 Å². The topological polar surface area (TPSA) is 108 Å². The van der Waals surface area contributed by atoms with Crippen molar-refractivity contribution in [3.63, 3.8) is 0 Å². The molecule has 1 aromatic carbocycles. The van der Waals surface area contributed by atoms with Gasteiger partial charge >= 0.3 is 6.03 Å². The summed E-state index contributed by atoms with van der Waals surface area (Å²) in [5, 5.41) is 4.61. The highest BCUT2D eigenvalue weighted by molar-refractivity contribution is 6.01. The lowest BCUT2D eigenvalue weighted by Crippen LogP contribution is -2.57. The Labute approximate surface area is 150 Å². The third-order valence-corrected chi connectivity index (χ3v) is 4.41. The van der Waals surface area contributed by atoms with Gasteiger partial charge in [0.1, 0.15) is 18.3 Å². The molecule has 5 amide bonds. The lowest BCUT2D eigenvalue weighted by atomic mass is 10.1. The van der Waals surface area contributed by atoms with Crippen LogP contribution in [-0.2, 0) is 14.4 Å². The molecule has 0 saturated carbocycles. The summed E-state index contributed by atoms with van der Waals surface area (Å²) >= 11 is 0. The number of carbonyl (C=O) groups is 4. The van der Waals surface area contributed by atoms with Gasteiger partial charge in [0.2, 0.25) is 17.7 Å². The molecule has 138 valence electrons. The Morgan fingerprint density at radius 2 is 2.04 bits per heavy atom. The first-order valence-electron chi connectivity index (χ1n) is 8.31. The van der Waals surface area contributed by atoms with E-state index in [4.69, 9.17) is 4.74 Å². The maximum Gasteiger partial charge on any atom is 0.322 e. The second kappa shape index (κ2) is 7.42. The Morgan fingerprint density at radius 3 is 2.77 bits per heavy atom. The number of benzene rings is 1. The fraction of sp³-hybridized carbons (Fsp3) is 0.412. The number of imide groups is 1. The van der Waals surface area contributed by atoms with Crippen molar-refractivity contribution >= 4 is 29.4 Å². The molecule has 1 unspecified atom stereocenters. The van der Waals surface area contributed by atoms with Crippen molar-refractivity contribution in [3.05, 3.63) is 24.3 Å². The maximum atomic E-state index is 12.6. The number of hydrogen-bond donors (Lipinski definition) is 2. The normalized spacial score (nSPS) is 21.0. The van der Waals surface area contributed by atoms with E-state index in [9.17, 15) is 19.2 Å². The van der Waals surface area contributed by atoms with Crippen LogP contribution < -0.4 is 20.3 Å². The first-order valence-corrected chi connectivity index (χ1v) is 8.31. The Kier molecular flexibility index (Phi) is 5.06. The minimum atomic E-state index is -0.808. The van der Waals surface area contributed by atoms with Crippen molar-refractivity contribution in [2.75, 3.05) is 31.6 Å². The summed E-state index contributed by atoms with van der Waals surface area (Å²) in [6.45, 7) is 0.606. The summed E-state index contributed by atoms with van der Waals surface area (Å²) in [6, 6.07) is 5.66. The molecule has 1 aromatic rings. The quantitative estimate of drug-likeness (QED) is 0.780. The number of nitrogens with one attached hydrogen (secondary N) is 2. The maximum absolute atomic E-state index is 12.6. The van der Waals surface area contributed by atoms with Gasteiger partial charge in [0.05, 0.1) is 7.11 Å². The van der Waals surface area contributed by atoms with Crippen molar-refractivity contribution in [3.8, 4) is 5.75 Å². The first-order chi connectivity index (χ1) is 12.5. The number of nitrogens with zero attached hydrogens (tertiary/aromatic N) is 2. The number of piperazine rings is 1. The van der Waals surface area contributed by atoms with Gasteiger partial charge in [0, 0.05) is 31.3 Å². The van der Waals surface area contributed by atoms with Gasteiger partial charge in [-0.05, 0) is 18.6 Å². The molecule has 3 rings (SSSR count). The van der Waals surface area contributed by atoms with Crippen molar-refractivity contribution < 1.29 is 23.9 Å². The van der Waals surface area contributed by atoms with E-state index in [-0.39, 0.29) is 31.2 Å². The minimum absolute atomic E-state index is 0.0763. The second-order valence-electron chi connectivity index (χ2n) is 6.12. The number of carbonyl (C=O) groups excluding carboxylic acids is 4. The minimum Gasteiger partial charge on any atom is -0.497 e. The number of hydrogen-bond acceptors (Lipinski definition) is 5. The van der Waals surface area contributed by atoms with Gasteiger partial charge < -0.3 is 19.9 Å². The third-order valence-electron chi connectivity index (χ3n) is 4.41. The van der Waals surface area contributed by atoms with Crippen LogP contribution in [-0.4, -0.2) is 61.4 Å². The van der Waals surface area contributed by atoms with Crippen LogP contribution >= 0.6 is 0 Å². The number of anilines is 1. The third kappa shape index (κ3) is 3.76. The fourth-order valence-electron chi connectivity index (χ4n) is 3.05. The molecule has 0 aliphatic carbocycles. The van der Waals surface area contributed by atoms with Crippen molar-refractivity contribution in [2.24, 2.45) is 0 Å². The molecule has 2 saturated heterocycles. The molecule has 9 nitrogen and oxygen atoms in total. The van der Waals surface area contributed by atoms with Crippen LogP contribution in [0.5, 0.6) is 5.75 Å². The van der Waals surface area contributed by atoms with E-state index in [2.05, 4.69) is 10.6 Å². The summed E-state index contributed by atoms with van der Waals surface area (Å²) in [4.78, 5) is 51.1. The lowest BCUT2D eigenvalue weighted by Gasteiger charge is -2.35. The molecule has 0 aromatic heterocycles. The number of urea groups is 1. The second-order valence-corrected chi connectivity index (χ2v) is 6.12. The van der Waals surface area contributed by atoms with Gasteiger partial charge in [-0.1, -0.05) is 6.07 Å². The SMILES string of the molecule is COc1cccc(N2CCN(C(=O)C3CCC(=O)NC(=O)N3)CC2=O)c1. The smallest absolute Gasteiger partial charge is 0.322 e. The van der Waals surface area contributed by atoms with Crippen LogP contribution in [0, 0.1) is 0 Å². The highest BCUT2D eigenvalue weighted by atomic mass is 16.5. The lowest BCUT2D eigenvalue weighted by molar-refractivity contribution is -0.138. The van der Waals surface area contributed by atoms with Crippen molar-refractivity contribution in [1.82, 2.24) is 15.5 Å². The molecule has 2 aliphatic heterocycles. The molecule has 2 N–H and O–H groups in total. The van der Waals surface area contributed by atoms with Gasteiger partial charge in [-0.25, -0.2) is 4.79 Å². The number of amides is 5. The van der Waals surface area contributed by atoms with E-state index >= 15 is 0 Å². The van der Waals surface area contributed by atoms with Gasteiger partial charge in [-0.2, -0.15) is 0 Å². The molecule has 2 aliphatic rings. The average Bonchev–Trinajstić information content (AvgIpc) is 2.81. The molecule has 0 radical (unpaired) electrons. The predicted octanol–water partition coefficient (Wildman–Crippen LogP) is -0.141. The van der Waals surface area contributed by atoms with E-state index in [1.54, 1.807) is 36.3 Å². The largest absolute Gasteiger partial charge is 0.497 e. The summed E-state index contributed by atoms with van der Waals surface area (Å²) in [5.41, 5.74) is 0.707. The molecular weight excluding hydrogens is 340 g/mol. The number of rotatable bonds is 3. The van der Waals surface area contributed by atoms with Gasteiger partial charge in [-0.3, -0.25) is 19.7 Å². The van der Waals surface area contributed by atoms with E-state index in [1.807, 2.05) is 0 Å². The zero-order valence-corrected chi connectivity index (χ0v) is 14.4. The number of methoxy groups -OCH3 is 1. The highest BCUT2D eigenvalue weighted by Gasteiger charge is 2.34. The molecule has 2 heterocycles. The zero-order chi connectivity index (χ0) is 18.7. The highest BCUT2D eigenvalue weighted by Crippen LogP contribution is 2.23. The average molecular weight is 360 g/mol. The summed E-state index contributed by atoms with van der Waals surface area (Å²) in [6.07, 6.45) is 0.285. The Bertz CT molecular complexity index is 750. The first kappa shape index (κ1) is 17.7. The summed E-state index contributed by atoms with van der Waals surface area (Å²) in [5.74, 6) is -0.343. The van der Waals surface area contributed by atoms with Crippen molar-refractivity contribution in [1.29, 1.82) is 0 Å². The summed E-state index contributed by atoms with van der Waals surface area (Å²) in [7, 11) is 1.55. The van der Waals surface area contributed by atoms with Crippen LogP contribution in [0.25, 0.3) is 0 Å². The van der Waals surface area contributed by atoms with E-state index in [0.717, 1.165) is 0 Å². The van der Waals surface area contributed by atoms with Gasteiger partial charge in [0.15, 0.2) is 0 Å². The standard InChI is InChI=1S/C17H20N4O5/c1-26-12-4-2-3-11(9-12)21-8-7-20(10-15(21)23)16(24)13-5-6-14(22)19-17(25)18-13/h2-4,9,13H,5-8,10H2,1H3,(H2,18,19,22,25). The van der Waals surface area contributed by atoms with Crippen LogP contribution in [0.4, 0.5) is 10.5 Å². The van der Waals surface area contributed by atoms with Crippen molar-refractivity contribution in [2.45, 2.75) is 18.9 Å². The Hall–Kier alpha value is -3.10. The van der Waals surface area contributed by atoms with E-state index < -0.39 is 18.0 Å². The Balaban J connectivity index is 1.66. The Morgan fingerprint density at radius 1 is 1.23 bits per heavy atom. The van der Waals surface area contributed by atoms with E-state index in [0.29, 0.717) is 24.5 Å².